The quantitative estimate of drug-likeness (QED) is 0.661. The molecule has 2 saturated heterocycles. The SMILES string of the molecule is O[C@H]1CCN(C2CCSCC2)C1. The van der Waals surface area contributed by atoms with Gasteiger partial charge in [0.1, 0.15) is 0 Å². The van der Waals surface area contributed by atoms with Crippen molar-refractivity contribution in [3.05, 3.63) is 0 Å². The third kappa shape index (κ3) is 1.95. The second-order valence-electron chi connectivity index (χ2n) is 3.78. The van der Waals surface area contributed by atoms with Gasteiger partial charge in [-0.05, 0) is 30.8 Å². The molecule has 1 atom stereocenters. The number of rotatable bonds is 1. The lowest BCUT2D eigenvalue weighted by Gasteiger charge is -2.30. The molecule has 0 unspecified atom stereocenters. The minimum absolute atomic E-state index is 0.0421. The molecule has 2 nitrogen and oxygen atoms in total. The third-order valence-electron chi connectivity index (χ3n) is 2.90. The van der Waals surface area contributed by atoms with Gasteiger partial charge < -0.3 is 5.11 Å². The largest absolute Gasteiger partial charge is 0.392 e. The van der Waals surface area contributed by atoms with Gasteiger partial charge >= 0.3 is 0 Å². The molecule has 2 fully saturated rings. The molecule has 0 saturated carbocycles. The maximum Gasteiger partial charge on any atom is 0.0679 e. The molecule has 0 radical (unpaired) electrons. The smallest absolute Gasteiger partial charge is 0.0679 e. The van der Waals surface area contributed by atoms with Gasteiger partial charge in [0.15, 0.2) is 0 Å². The van der Waals surface area contributed by atoms with E-state index in [4.69, 9.17) is 0 Å². The van der Waals surface area contributed by atoms with E-state index in [-0.39, 0.29) is 6.10 Å². The first-order valence-electron chi connectivity index (χ1n) is 4.86. The van der Waals surface area contributed by atoms with Gasteiger partial charge in [0, 0.05) is 19.1 Å². The summed E-state index contributed by atoms with van der Waals surface area (Å²) >= 11 is 2.07. The molecule has 1 N–H and O–H groups in total. The van der Waals surface area contributed by atoms with E-state index >= 15 is 0 Å². The standard InChI is InChI=1S/C9H17NOS/c11-9-1-4-10(7-9)8-2-5-12-6-3-8/h8-9,11H,1-7H2/t9-/m0/s1. The summed E-state index contributed by atoms with van der Waals surface area (Å²) in [5.74, 6) is 2.63. The molecule has 3 heteroatoms. The van der Waals surface area contributed by atoms with E-state index in [9.17, 15) is 5.11 Å². The van der Waals surface area contributed by atoms with Crippen molar-refractivity contribution in [2.24, 2.45) is 0 Å². The van der Waals surface area contributed by atoms with Gasteiger partial charge in [-0.15, -0.1) is 0 Å². The van der Waals surface area contributed by atoms with E-state index in [1.165, 1.54) is 24.3 Å². The predicted octanol–water partition coefficient (Wildman–Crippen LogP) is 0.949. The lowest BCUT2D eigenvalue weighted by atomic mass is 10.1. The van der Waals surface area contributed by atoms with Gasteiger partial charge in [-0.3, -0.25) is 4.90 Å². The number of nitrogens with zero attached hydrogens (tertiary/aromatic N) is 1. The van der Waals surface area contributed by atoms with Crippen LogP contribution in [0.2, 0.25) is 0 Å². The zero-order valence-corrected chi connectivity index (χ0v) is 8.22. The molecule has 70 valence electrons. The van der Waals surface area contributed by atoms with Crippen LogP contribution in [0.1, 0.15) is 19.3 Å². The van der Waals surface area contributed by atoms with E-state index in [1.54, 1.807) is 0 Å². The van der Waals surface area contributed by atoms with Gasteiger partial charge in [-0.25, -0.2) is 0 Å². The topological polar surface area (TPSA) is 23.5 Å². The molecule has 0 aliphatic carbocycles. The van der Waals surface area contributed by atoms with Gasteiger partial charge in [-0.2, -0.15) is 11.8 Å². The maximum atomic E-state index is 9.38. The molecular formula is C9H17NOS. The Morgan fingerprint density at radius 1 is 1.17 bits per heavy atom. The van der Waals surface area contributed by atoms with Gasteiger partial charge in [-0.1, -0.05) is 0 Å². The Morgan fingerprint density at radius 3 is 2.50 bits per heavy atom. The van der Waals surface area contributed by atoms with Crippen LogP contribution >= 0.6 is 11.8 Å². The summed E-state index contributed by atoms with van der Waals surface area (Å²) in [6.45, 7) is 2.05. The van der Waals surface area contributed by atoms with E-state index in [0.717, 1.165) is 25.6 Å². The fourth-order valence-corrected chi connectivity index (χ4v) is 3.23. The van der Waals surface area contributed by atoms with Crippen LogP contribution in [-0.4, -0.2) is 46.7 Å². The highest BCUT2D eigenvalue weighted by Gasteiger charge is 2.27. The molecule has 0 spiro atoms. The molecular weight excluding hydrogens is 170 g/mol. The van der Waals surface area contributed by atoms with Crippen molar-refractivity contribution in [1.29, 1.82) is 0 Å². The monoisotopic (exact) mass is 187 g/mol. The number of aliphatic hydroxyl groups is 1. The molecule has 12 heavy (non-hydrogen) atoms. The molecule has 0 aromatic heterocycles. The summed E-state index contributed by atoms with van der Waals surface area (Å²) in [4.78, 5) is 2.48. The van der Waals surface area contributed by atoms with E-state index in [2.05, 4.69) is 16.7 Å². The molecule has 2 aliphatic heterocycles. The zero-order valence-electron chi connectivity index (χ0n) is 7.41. The first-order valence-corrected chi connectivity index (χ1v) is 6.01. The van der Waals surface area contributed by atoms with Gasteiger partial charge in [0.2, 0.25) is 0 Å². The lowest BCUT2D eigenvalue weighted by molar-refractivity contribution is 0.155. The van der Waals surface area contributed by atoms with Crippen molar-refractivity contribution < 1.29 is 5.11 Å². The van der Waals surface area contributed by atoms with Crippen LogP contribution in [0, 0.1) is 0 Å². The van der Waals surface area contributed by atoms with Crippen LogP contribution in [0.5, 0.6) is 0 Å². The fourth-order valence-electron chi connectivity index (χ4n) is 2.15. The van der Waals surface area contributed by atoms with Crippen molar-refractivity contribution in [2.75, 3.05) is 24.6 Å². The Kier molecular flexibility index (Phi) is 2.94. The highest BCUT2D eigenvalue weighted by Crippen LogP contribution is 2.24. The zero-order chi connectivity index (χ0) is 8.39. The normalized spacial score (nSPS) is 34.2. The van der Waals surface area contributed by atoms with E-state index in [1.807, 2.05) is 0 Å². The van der Waals surface area contributed by atoms with Crippen LogP contribution in [0.3, 0.4) is 0 Å². The molecule has 2 heterocycles. The molecule has 0 bridgehead atoms. The summed E-state index contributed by atoms with van der Waals surface area (Å²) < 4.78 is 0. The van der Waals surface area contributed by atoms with Crippen molar-refractivity contribution in [3.63, 3.8) is 0 Å². The number of β-amino-alcohol motifs (C(OH)–C–C–N with tert-alkyl or cyclic N) is 1. The Hall–Kier alpha value is 0.270. The van der Waals surface area contributed by atoms with Gasteiger partial charge in [0.25, 0.3) is 0 Å². The second kappa shape index (κ2) is 3.99. The summed E-state index contributed by atoms with van der Waals surface area (Å²) in [7, 11) is 0. The van der Waals surface area contributed by atoms with Gasteiger partial charge in [0.05, 0.1) is 6.10 Å². The van der Waals surface area contributed by atoms with Crippen molar-refractivity contribution >= 4 is 11.8 Å². The van der Waals surface area contributed by atoms with Crippen molar-refractivity contribution in [3.8, 4) is 0 Å². The van der Waals surface area contributed by atoms with E-state index < -0.39 is 0 Å². The molecule has 0 amide bonds. The number of likely N-dealkylation sites (tertiary alicyclic amines) is 1. The third-order valence-corrected chi connectivity index (χ3v) is 3.95. The first-order chi connectivity index (χ1) is 5.86. The highest BCUT2D eigenvalue weighted by molar-refractivity contribution is 7.99. The van der Waals surface area contributed by atoms with Crippen LogP contribution in [0.15, 0.2) is 0 Å². The Labute approximate surface area is 78.3 Å². The summed E-state index contributed by atoms with van der Waals surface area (Å²) in [5.41, 5.74) is 0. The molecule has 0 aromatic rings. The van der Waals surface area contributed by atoms with Crippen molar-refractivity contribution in [1.82, 2.24) is 4.90 Å². The number of hydrogen-bond acceptors (Lipinski definition) is 3. The van der Waals surface area contributed by atoms with Crippen LogP contribution < -0.4 is 0 Å². The first kappa shape index (κ1) is 8.85. The molecule has 2 aliphatic rings. The minimum atomic E-state index is -0.0421. The number of thioether (sulfide) groups is 1. The second-order valence-corrected chi connectivity index (χ2v) is 5.01. The minimum Gasteiger partial charge on any atom is -0.392 e. The average molecular weight is 187 g/mol. The summed E-state index contributed by atoms with van der Waals surface area (Å²) in [6.07, 6.45) is 3.61. The summed E-state index contributed by atoms with van der Waals surface area (Å²) in [5, 5.41) is 9.38. The summed E-state index contributed by atoms with van der Waals surface area (Å²) in [6, 6.07) is 0.781. The Bertz CT molecular complexity index is 145. The number of hydrogen-bond donors (Lipinski definition) is 1. The molecule has 0 aromatic carbocycles. The highest BCUT2D eigenvalue weighted by atomic mass is 32.2. The van der Waals surface area contributed by atoms with Crippen LogP contribution in [0.25, 0.3) is 0 Å². The maximum absolute atomic E-state index is 9.38. The number of aliphatic hydroxyl groups excluding tert-OH is 1. The van der Waals surface area contributed by atoms with Crippen LogP contribution in [-0.2, 0) is 0 Å². The molecule has 2 rings (SSSR count). The van der Waals surface area contributed by atoms with Crippen LogP contribution in [0.4, 0.5) is 0 Å². The lowest BCUT2D eigenvalue weighted by Crippen LogP contribution is -2.36. The fraction of sp³-hybridized carbons (Fsp3) is 1.00. The Balaban J connectivity index is 1.83. The van der Waals surface area contributed by atoms with Crippen molar-refractivity contribution in [2.45, 2.75) is 31.4 Å². The predicted molar refractivity (Wildman–Crippen MR) is 52.5 cm³/mol. The Morgan fingerprint density at radius 2 is 1.92 bits per heavy atom. The average Bonchev–Trinajstić information content (AvgIpc) is 2.54. The van der Waals surface area contributed by atoms with E-state index in [0.29, 0.717) is 0 Å².